The Kier molecular flexibility index (Phi) is 23.3. The van der Waals surface area contributed by atoms with Crippen molar-refractivity contribution >= 4 is 0 Å². The van der Waals surface area contributed by atoms with Gasteiger partial charge in [0.1, 0.15) is 0 Å². The molecule has 1 heterocycles. The Bertz CT molecular complexity index is 387. The van der Waals surface area contributed by atoms with Gasteiger partial charge in [0, 0.05) is 39.3 Å². The van der Waals surface area contributed by atoms with Crippen LogP contribution in [0.15, 0.2) is 0 Å². The van der Waals surface area contributed by atoms with Crippen LogP contribution < -0.4 is 43.0 Å². The van der Waals surface area contributed by atoms with Crippen molar-refractivity contribution in [2.24, 2.45) is 5.73 Å². The van der Waals surface area contributed by atoms with E-state index in [1.54, 1.807) is 0 Å². The zero-order chi connectivity index (χ0) is 23.8. The van der Waals surface area contributed by atoms with E-state index in [9.17, 15) is 0 Å². The first-order chi connectivity index (χ1) is 13.6. The van der Waals surface area contributed by atoms with Gasteiger partial charge in [-0.05, 0) is 60.2 Å². The van der Waals surface area contributed by atoms with Crippen molar-refractivity contribution in [3.63, 3.8) is 0 Å². The zero-order valence-electron chi connectivity index (χ0n) is 18.2. The molecule has 1 fully saturated rings. The molecule has 0 bridgehead atoms. The quantitative estimate of drug-likeness (QED) is 0.342. The van der Waals surface area contributed by atoms with Gasteiger partial charge in [-0.3, -0.25) is 0 Å². The van der Waals surface area contributed by atoms with Crippen LogP contribution in [0.2, 0.25) is 0 Å². The van der Waals surface area contributed by atoms with Gasteiger partial charge in [-0.2, -0.15) is 0 Å². The SMILES string of the molecule is CN1CCCN(C)CCN(CCN)CCCN(C)CC1.[Co+2].[O-][Cl+3]([O-])([O-])[O-].[O-][Cl+3]([O-])([O-])[O-]. The number of halogens is 2. The monoisotopic (exact) mass is 542 g/mol. The van der Waals surface area contributed by atoms with Gasteiger partial charge in [0.25, 0.3) is 0 Å². The maximum atomic E-state index is 8.49. The van der Waals surface area contributed by atoms with E-state index >= 15 is 0 Å². The predicted molar refractivity (Wildman–Crippen MR) is 87.2 cm³/mol. The van der Waals surface area contributed by atoms with E-state index < -0.39 is 20.5 Å². The minimum atomic E-state index is -4.94. The zero-order valence-corrected chi connectivity index (χ0v) is 20.8. The molecular weight excluding hydrogens is 508 g/mol. The van der Waals surface area contributed by atoms with E-state index in [4.69, 9.17) is 43.0 Å². The normalized spacial score (nSPS) is 19.7. The summed E-state index contributed by atoms with van der Waals surface area (Å²) in [5, 5.41) is 0. The summed E-state index contributed by atoms with van der Waals surface area (Å²) in [5.41, 5.74) is 5.73. The molecule has 1 aliphatic rings. The van der Waals surface area contributed by atoms with Gasteiger partial charge >= 0.3 is 16.8 Å². The second-order valence-electron chi connectivity index (χ2n) is 7.00. The molecule has 191 valence electrons. The maximum absolute atomic E-state index is 8.49. The summed E-state index contributed by atoms with van der Waals surface area (Å²) in [5.74, 6) is 0. The van der Waals surface area contributed by atoms with Crippen LogP contribution in [0.25, 0.3) is 0 Å². The fraction of sp³-hybridized carbons (Fsp3) is 1.00. The van der Waals surface area contributed by atoms with Gasteiger partial charge in [0.05, 0.1) is 0 Å². The summed E-state index contributed by atoms with van der Waals surface area (Å²) in [6, 6.07) is 0. The van der Waals surface area contributed by atoms with E-state index in [1.807, 2.05) is 0 Å². The van der Waals surface area contributed by atoms with Crippen LogP contribution in [0.3, 0.4) is 0 Å². The Labute approximate surface area is 199 Å². The van der Waals surface area contributed by atoms with Crippen LogP contribution in [0.5, 0.6) is 0 Å². The van der Waals surface area contributed by atoms with Crippen molar-refractivity contribution in [3.05, 3.63) is 0 Å². The first-order valence-electron chi connectivity index (χ1n) is 9.33. The molecule has 0 aromatic rings. The van der Waals surface area contributed by atoms with E-state index in [2.05, 4.69) is 40.7 Å². The molecule has 1 rings (SSSR count). The molecule has 0 aromatic carbocycles. The van der Waals surface area contributed by atoms with Crippen molar-refractivity contribution in [1.82, 2.24) is 19.6 Å². The van der Waals surface area contributed by atoms with Crippen molar-refractivity contribution in [3.8, 4) is 0 Å². The summed E-state index contributed by atoms with van der Waals surface area (Å²) in [6.45, 7) is 11.2. The standard InChI is InChI=1S/C15H35N5.2ClHO4.Co/c1-17-7-4-8-19(3)14-15-20(11-6-16)10-5-9-18(2)13-12-17;2*2-1(3,4)5;/h4-16H2,1-3H3;2*(H,2,3,4,5);/q;;;+2/p-2. The Hall–Kier alpha value is 0.566. The summed E-state index contributed by atoms with van der Waals surface area (Å²) >= 11 is 0. The van der Waals surface area contributed by atoms with E-state index in [1.165, 1.54) is 52.1 Å². The first-order valence-corrected chi connectivity index (χ1v) is 11.8. The Morgan fingerprint density at radius 1 is 0.581 bits per heavy atom. The molecule has 2 N–H and O–H groups in total. The Morgan fingerprint density at radius 3 is 1.19 bits per heavy atom. The van der Waals surface area contributed by atoms with Crippen LogP contribution in [-0.4, -0.2) is 106 Å². The molecule has 0 saturated carbocycles. The fourth-order valence-corrected chi connectivity index (χ4v) is 2.68. The first kappa shape index (κ1) is 36.1. The topological polar surface area (TPSA) is 223 Å². The largest absolute Gasteiger partial charge is 2.00 e. The van der Waals surface area contributed by atoms with Gasteiger partial charge in [-0.15, -0.1) is 20.5 Å². The molecule has 0 aromatic heterocycles. The molecule has 16 heteroatoms. The van der Waals surface area contributed by atoms with Crippen LogP contribution in [-0.2, 0) is 16.8 Å². The number of likely N-dealkylation sites (N-methyl/N-ethyl adjacent to an activating group) is 3. The molecule has 0 aliphatic carbocycles. The smallest absolute Gasteiger partial charge is 0.329 e. The van der Waals surface area contributed by atoms with Gasteiger partial charge in [0.2, 0.25) is 0 Å². The van der Waals surface area contributed by atoms with Crippen molar-refractivity contribution < 1.29 is 74.5 Å². The molecule has 13 nitrogen and oxygen atoms in total. The molecule has 31 heavy (non-hydrogen) atoms. The van der Waals surface area contributed by atoms with Crippen LogP contribution in [0.1, 0.15) is 12.8 Å². The Morgan fingerprint density at radius 2 is 0.871 bits per heavy atom. The summed E-state index contributed by atoms with van der Waals surface area (Å²) < 4.78 is 67.9. The van der Waals surface area contributed by atoms with Crippen molar-refractivity contribution in [2.75, 3.05) is 86.6 Å². The molecule has 0 amide bonds. The van der Waals surface area contributed by atoms with Crippen LogP contribution in [0, 0.1) is 20.5 Å². The van der Waals surface area contributed by atoms with Gasteiger partial charge in [0.15, 0.2) is 0 Å². The number of hydrogen-bond acceptors (Lipinski definition) is 13. The second kappa shape index (κ2) is 20.0. The molecule has 0 atom stereocenters. The van der Waals surface area contributed by atoms with E-state index in [0.717, 1.165) is 26.2 Å². The number of hydrogen-bond donors (Lipinski definition) is 1. The second-order valence-corrected chi connectivity index (χ2v) is 8.52. The maximum Gasteiger partial charge on any atom is 2.00 e. The molecule has 1 radical (unpaired) electrons. The minimum absolute atomic E-state index is 0. The molecule has 0 spiro atoms. The van der Waals surface area contributed by atoms with Crippen molar-refractivity contribution in [1.29, 1.82) is 0 Å². The number of rotatable bonds is 2. The van der Waals surface area contributed by atoms with Gasteiger partial charge < -0.3 is 25.3 Å². The summed E-state index contributed by atoms with van der Waals surface area (Å²) in [4.78, 5) is 9.88. The third-order valence-corrected chi connectivity index (χ3v) is 4.20. The third-order valence-electron chi connectivity index (χ3n) is 4.20. The summed E-state index contributed by atoms with van der Waals surface area (Å²) in [6.07, 6.45) is 2.50. The average Bonchev–Trinajstić information content (AvgIpc) is 2.54. The average molecular weight is 543 g/mol. The van der Waals surface area contributed by atoms with Gasteiger partial charge in [-0.1, -0.05) is 0 Å². The molecule has 1 saturated heterocycles. The minimum Gasteiger partial charge on any atom is -0.329 e. The Balaban J connectivity index is -0.000000595. The summed E-state index contributed by atoms with van der Waals surface area (Å²) in [7, 11) is -3.18. The predicted octanol–water partition coefficient (Wildman–Crippen LogP) is -9.68. The van der Waals surface area contributed by atoms with Gasteiger partial charge in [-0.25, -0.2) is 37.3 Å². The third kappa shape index (κ3) is 38.2. The van der Waals surface area contributed by atoms with E-state index in [0.29, 0.717) is 0 Å². The van der Waals surface area contributed by atoms with E-state index in [-0.39, 0.29) is 16.8 Å². The number of nitrogens with two attached hydrogens (primary N) is 1. The van der Waals surface area contributed by atoms with Crippen LogP contribution >= 0.6 is 0 Å². The molecule has 1 aliphatic heterocycles. The van der Waals surface area contributed by atoms with Crippen molar-refractivity contribution in [2.45, 2.75) is 12.8 Å². The van der Waals surface area contributed by atoms with Crippen LogP contribution in [0.4, 0.5) is 0 Å². The number of nitrogens with zero attached hydrogens (tertiary/aromatic N) is 4. The molecular formula is C15H35Cl2CoN5O8. The molecule has 0 unspecified atom stereocenters. The fourth-order valence-electron chi connectivity index (χ4n) is 2.68.